The van der Waals surface area contributed by atoms with Crippen molar-refractivity contribution in [1.82, 2.24) is 14.7 Å². The molecule has 3 heterocycles. The molecule has 4 fully saturated rings. The number of likely N-dealkylation sites (tertiary alicyclic amines) is 3. The Balaban J connectivity index is 0.000000160. The van der Waals surface area contributed by atoms with Crippen molar-refractivity contribution in [1.29, 1.82) is 0 Å². The number of sulfone groups is 2. The van der Waals surface area contributed by atoms with E-state index in [0.29, 0.717) is 42.2 Å². The summed E-state index contributed by atoms with van der Waals surface area (Å²) >= 11 is 3.47. The first-order valence-corrected chi connectivity index (χ1v) is 32.6. The molecule has 3 unspecified atom stereocenters. The molecule has 0 spiro atoms. The van der Waals surface area contributed by atoms with Crippen molar-refractivity contribution in [3.8, 4) is 0 Å². The SMILES string of the molecule is CC(C)(C)OC(=O)N1CCCC(C(=O)c2ccc3cc(Br)ccc3c2)C1.CC(C)(C)OC(=O)N1CCCC(C(=O)c2ccc3cc(S(C)(=O)=O)ccc3c2)C1.CS(=O)(=O)c1ccc2cc(C(=O)C3CCCN(CC4CC4)C3)ccc2c1. The zero-order valence-corrected chi connectivity index (χ0v) is 51.1. The van der Waals surface area contributed by atoms with E-state index in [4.69, 9.17) is 9.47 Å². The highest BCUT2D eigenvalue weighted by Gasteiger charge is 2.34. The van der Waals surface area contributed by atoms with E-state index in [-0.39, 0.29) is 52.2 Å². The van der Waals surface area contributed by atoms with Crippen LogP contribution in [0.1, 0.15) is 124 Å². The van der Waals surface area contributed by atoms with E-state index in [2.05, 4.69) is 20.8 Å². The molecular weight excluding hydrogens is 1130 g/mol. The van der Waals surface area contributed by atoms with Crippen LogP contribution in [0.2, 0.25) is 0 Å². The number of halogens is 1. The molecule has 3 atom stereocenters. The van der Waals surface area contributed by atoms with Gasteiger partial charge in [0.1, 0.15) is 11.2 Å². The lowest BCUT2D eigenvalue weighted by Gasteiger charge is -2.33. The second-order valence-corrected chi connectivity index (χ2v) is 29.3. The van der Waals surface area contributed by atoms with Crippen LogP contribution in [0.5, 0.6) is 0 Å². The normalized spacial score (nSPS) is 19.2. The van der Waals surface area contributed by atoms with Crippen LogP contribution >= 0.6 is 15.9 Å². The van der Waals surface area contributed by atoms with Crippen LogP contribution in [-0.2, 0) is 29.1 Å². The van der Waals surface area contributed by atoms with Crippen LogP contribution in [0.15, 0.2) is 123 Å². The van der Waals surface area contributed by atoms with E-state index in [1.807, 2.05) is 96.1 Å². The van der Waals surface area contributed by atoms with E-state index in [0.717, 1.165) is 106 Å². The summed E-state index contributed by atoms with van der Waals surface area (Å²) in [6.07, 6.45) is 9.50. The second-order valence-electron chi connectivity index (χ2n) is 24.4. The summed E-state index contributed by atoms with van der Waals surface area (Å²) in [4.78, 5) is 70.0. The third-order valence-corrected chi connectivity index (χ3v) is 17.8. The zero-order chi connectivity index (χ0) is 58.6. The maximum Gasteiger partial charge on any atom is 0.410 e. The fourth-order valence-electron chi connectivity index (χ4n) is 10.8. The highest BCUT2D eigenvalue weighted by Crippen LogP contribution is 2.33. The van der Waals surface area contributed by atoms with Crippen LogP contribution in [0.4, 0.5) is 9.59 Å². The predicted octanol–water partition coefficient (Wildman–Crippen LogP) is 13.1. The minimum absolute atomic E-state index is 0.00708. The van der Waals surface area contributed by atoms with Crippen molar-refractivity contribution < 1.29 is 50.3 Å². The molecule has 0 N–H and O–H groups in total. The number of nitrogens with zero attached hydrogens (tertiary/aromatic N) is 3. The number of carbonyl (C=O) groups excluding carboxylic acids is 5. The Morgan fingerprint density at radius 3 is 1.20 bits per heavy atom. The largest absolute Gasteiger partial charge is 0.444 e. The van der Waals surface area contributed by atoms with Crippen molar-refractivity contribution in [2.45, 2.75) is 114 Å². The van der Waals surface area contributed by atoms with Crippen molar-refractivity contribution in [2.24, 2.45) is 23.7 Å². The van der Waals surface area contributed by atoms with Crippen molar-refractivity contribution in [2.75, 3.05) is 58.3 Å². The molecule has 1 saturated carbocycles. The maximum absolute atomic E-state index is 13.0. The molecule has 10 rings (SSSR count). The first kappa shape index (κ1) is 61.1. The standard InChI is InChI=1S/C22H27NO5S.C21H24BrNO3.C21H25NO3S/c1-22(2,3)28-21(25)23-11-5-6-18(14-23)20(24)17-8-7-16-13-19(29(4,26)27)10-9-15(16)12-17;1-21(2,3)26-20(25)23-10-4-5-17(13-23)19(24)16-7-6-15-12-18(22)9-8-14(15)11-16;1-26(24,25)20-9-8-16-11-18(7-6-17(16)12-20)21(23)19-3-2-10-22(14-19)13-15-4-5-15/h7-10,12-13,18H,5-6,11,14H2,1-4H3;6-9,11-12,17H,4-5,10,13H2,1-3H3;6-9,11-12,15,19H,2-5,10,13-14H2,1H3. The van der Waals surface area contributed by atoms with Gasteiger partial charge in [0.05, 0.1) is 9.79 Å². The number of ether oxygens (including phenoxy) is 2. The van der Waals surface area contributed by atoms with Crippen LogP contribution in [0, 0.1) is 23.7 Å². The highest BCUT2D eigenvalue weighted by atomic mass is 79.9. The lowest BCUT2D eigenvalue weighted by molar-refractivity contribution is 0.0159. The number of hydrogen-bond donors (Lipinski definition) is 0. The molecule has 3 saturated heterocycles. The molecular formula is C64H76BrN3O11S2. The molecule has 17 heteroatoms. The summed E-state index contributed by atoms with van der Waals surface area (Å²) in [7, 11) is -6.50. The van der Waals surface area contributed by atoms with Crippen molar-refractivity contribution >= 4 is 97.5 Å². The van der Waals surface area contributed by atoms with Gasteiger partial charge in [0.15, 0.2) is 37.0 Å². The third-order valence-electron chi connectivity index (χ3n) is 15.1. The summed E-state index contributed by atoms with van der Waals surface area (Å²) < 4.78 is 58.8. The molecule has 81 heavy (non-hydrogen) atoms. The van der Waals surface area contributed by atoms with Gasteiger partial charge in [-0.3, -0.25) is 14.4 Å². The van der Waals surface area contributed by atoms with Gasteiger partial charge in [-0.05, 0) is 192 Å². The molecule has 1 aliphatic carbocycles. The molecule has 0 bridgehead atoms. The van der Waals surface area contributed by atoms with Crippen molar-refractivity contribution in [3.05, 3.63) is 130 Å². The minimum atomic E-state index is -3.28. The van der Waals surface area contributed by atoms with Crippen LogP contribution < -0.4 is 0 Å². The Bertz CT molecular complexity index is 3590. The Morgan fingerprint density at radius 2 is 0.815 bits per heavy atom. The van der Waals surface area contributed by atoms with Gasteiger partial charge in [-0.15, -0.1) is 0 Å². The van der Waals surface area contributed by atoms with Gasteiger partial charge in [0.2, 0.25) is 0 Å². The lowest BCUT2D eigenvalue weighted by Crippen LogP contribution is -2.44. The van der Waals surface area contributed by atoms with E-state index in [1.54, 1.807) is 64.4 Å². The molecule has 3 aliphatic heterocycles. The average molecular weight is 1210 g/mol. The number of benzene rings is 6. The number of rotatable bonds is 10. The summed E-state index contributed by atoms with van der Waals surface area (Å²) in [5.74, 6) is 0.798. The molecule has 6 aromatic rings. The molecule has 0 radical (unpaired) electrons. The van der Waals surface area contributed by atoms with E-state index in [1.165, 1.54) is 25.4 Å². The Hall–Kier alpha value is -6.01. The zero-order valence-electron chi connectivity index (χ0n) is 47.8. The number of hydrogen-bond acceptors (Lipinski definition) is 12. The highest BCUT2D eigenvalue weighted by molar-refractivity contribution is 9.10. The summed E-state index contributed by atoms with van der Waals surface area (Å²) in [5, 5.41) is 5.47. The first-order valence-electron chi connectivity index (χ1n) is 28.0. The number of fused-ring (bicyclic) bond motifs is 3. The van der Waals surface area contributed by atoms with Gasteiger partial charge in [-0.1, -0.05) is 70.5 Å². The smallest absolute Gasteiger partial charge is 0.410 e. The molecule has 4 aliphatic rings. The molecule has 6 aromatic carbocycles. The topological polar surface area (TPSA) is 182 Å². The van der Waals surface area contributed by atoms with Crippen molar-refractivity contribution in [3.63, 3.8) is 0 Å². The van der Waals surface area contributed by atoms with E-state index >= 15 is 0 Å². The first-order chi connectivity index (χ1) is 38.1. The molecule has 2 amide bonds. The van der Waals surface area contributed by atoms with Gasteiger partial charge in [0.25, 0.3) is 0 Å². The van der Waals surface area contributed by atoms with E-state index < -0.39 is 30.9 Å². The molecule has 14 nitrogen and oxygen atoms in total. The Kier molecular flexibility index (Phi) is 19.0. The number of ketones is 3. The van der Waals surface area contributed by atoms with Gasteiger partial charge in [-0.2, -0.15) is 0 Å². The van der Waals surface area contributed by atoms with Crippen LogP contribution in [0.25, 0.3) is 32.3 Å². The van der Waals surface area contributed by atoms with Gasteiger partial charge < -0.3 is 24.2 Å². The van der Waals surface area contributed by atoms with Crippen LogP contribution in [0.3, 0.4) is 0 Å². The van der Waals surface area contributed by atoms with Gasteiger partial charge in [0, 0.05) is 90.7 Å². The van der Waals surface area contributed by atoms with Gasteiger partial charge in [-0.25, -0.2) is 26.4 Å². The number of amides is 2. The Morgan fingerprint density at radius 1 is 0.469 bits per heavy atom. The van der Waals surface area contributed by atoms with Gasteiger partial charge >= 0.3 is 12.2 Å². The average Bonchev–Trinajstić information content (AvgIpc) is 4.29. The number of carbonyl (C=O) groups is 5. The predicted molar refractivity (Wildman–Crippen MR) is 322 cm³/mol. The quantitative estimate of drug-likeness (QED) is 0.119. The minimum Gasteiger partial charge on any atom is -0.444 e. The molecule has 0 aromatic heterocycles. The van der Waals surface area contributed by atoms with E-state index in [9.17, 15) is 40.8 Å². The molecule has 432 valence electrons. The lowest BCUT2D eigenvalue weighted by atomic mass is 9.89. The summed E-state index contributed by atoms with van der Waals surface area (Å²) in [6, 6.07) is 32.7. The third kappa shape index (κ3) is 16.8. The van der Waals surface area contributed by atoms with Crippen LogP contribution in [-0.4, -0.2) is 131 Å². The summed E-state index contributed by atoms with van der Waals surface area (Å²) in [6.45, 7) is 16.2. The fraction of sp³-hybridized carbons (Fsp3) is 0.453. The Labute approximate surface area is 485 Å². The second kappa shape index (κ2) is 25.2. The monoisotopic (exact) mass is 1210 g/mol. The maximum atomic E-state index is 13.0. The summed E-state index contributed by atoms with van der Waals surface area (Å²) in [5.41, 5.74) is 0.914. The number of Topliss-reactive ketones (excluding diaryl/α,β-unsaturated/α-hetero) is 3. The fourth-order valence-corrected chi connectivity index (χ4v) is 12.5. The number of piperidine rings is 3.